The first-order chi connectivity index (χ1) is 35.3. The van der Waals surface area contributed by atoms with Crippen molar-refractivity contribution in [3.8, 4) is 67.5 Å². The van der Waals surface area contributed by atoms with Gasteiger partial charge in [-0.2, -0.15) is 0 Å². The molecule has 2 aliphatic rings. The smallest absolute Gasteiger partial charge is 0.164 e. The summed E-state index contributed by atoms with van der Waals surface area (Å²) >= 11 is 0. The maximum absolute atomic E-state index is 6.59. The molecule has 12 rings (SSSR count). The first kappa shape index (κ1) is 44.2. The van der Waals surface area contributed by atoms with Crippen molar-refractivity contribution in [1.29, 1.82) is 0 Å². The first-order valence-corrected chi connectivity index (χ1v) is 24.6. The molecule has 0 N–H and O–H groups in total. The highest BCUT2D eigenvalue weighted by Gasteiger charge is 2.51. The van der Waals surface area contributed by atoms with Gasteiger partial charge in [-0.3, -0.25) is 0 Å². The molecule has 72 heavy (non-hydrogen) atoms. The van der Waals surface area contributed by atoms with Crippen LogP contribution in [0.5, 0.6) is 0 Å². The summed E-state index contributed by atoms with van der Waals surface area (Å²) in [6.07, 6.45) is 12.3. The van der Waals surface area contributed by atoms with Crippen molar-refractivity contribution in [3.05, 3.63) is 270 Å². The first-order valence-electron chi connectivity index (χ1n) is 24.6. The van der Waals surface area contributed by atoms with Crippen molar-refractivity contribution >= 4 is 33.1 Å². The number of allylic oxidation sites excluding steroid dienone is 10. The van der Waals surface area contributed by atoms with Gasteiger partial charge in [0.25, 0.3) is 0 Å². The summed E-state index contributed by atoms with van der Waals surface area (Å²) in [6, 6.07) is 62.9. The lowest BCUT2D eigenvalue weighted by Gasteiger charge is -2.31. The number of hydrogen-bond donors (Lipinski definition) is 0. The molecule has 0 bridgehead atoms. The van der Waals surface area contributed by atoms with Gasteiger partial charge < -0.3 is 4.42 Å². The van der Waals surface area contributed by atoms with E-state index in [1.165, 1.54) is 50.1 Å². The van der Waals surface area contributed by atoms with E-state index in [1.54, 1.807) is 0 Å². The number of benzene rings is 8. The third kappa shape index (κ3) is 6.93. The Labute approximate surface area is 421 Å². The lowest BCUT2D eigenvalue weighted by molar-refractivity contribution is 0.669. The van der Waals surface area contributed by atoms with E-state index in [2.05, 4.69) is 192 Å². The summed E-state index contributed by atoms with van der Waals surface area (Å²) < 4.78 is 6.59. The predicted octanol–water partition coefficient (Wildman–Crippen LogP) is 17.8. The third-order valence-electron chi connectivity index (χ3n) is 14.8. The van der Waals surface area contributed by atoms with Crippen molar-refractivity contribution in [2.24, 2.45) is 0 Å². The zero-order valence-corrected chi connectivity index (χ0v) is 40.9. The second-order valence-electron chi connectivity index (χ2n) is 18.8. The second kappa shape index (κ2) is 17.8. The van der Waals surface area contributed by atoms with Crippen LogP contribution in [0, 0.1) is 6.92 Å². The fraction of sp³-hybridized carbons (Fsp3) is 0.0735. The van der Waals surface area contributed by atoms with Gasteiger partial charge in [0.2, 0.25) is 0 Å². The average molecular weight is 926 g/mol. The molecular formula is C68H51N3O. The average Bonchev–Trinajstić information content (AvgIpc) is 4.05. The van der Waals surface area contributed by atoms with E-state index < -0.39 is 5.41 Å². The van der Waals surface area contributed by atoms with E-state index in [0.717, 1.165) is 77.6 Å². The zero-order valence-electron chi connectivity index (χ0n) is 40.9. The topological polar surface area (TPSA) is 51.8 Å². The molecule has 10 aromatic rings. The third-order valence-corrected chi connectivity index (χ3v) is 14.8. The molecular weight excluding hydrogens is 875 g/mol. The number of nitrogens with zero attached hydrogens (tertiary/aromatic N) is 3. The van der Waals surface area contributed by atoms with Crippen LogP contribution in [0.2, 0.25) is 0 Å². The van der Waals surface area contributed by atoms with E-state index in [-0.39, 0.29) is 0 Å². The maximum atomic E-state index is 6.59. The van der Waals surface area contributed by atoms with E-state index in [0.29, 0.717) is 17.5 Å². The molecule has 1 unspecified atom stereocenters. The van der Waals surface area contributed by atoms with Crippen LogP contribution in [0.15, 0.2) is 241 Å². The van der Waals surface area contributed by atoms with E-state index in [1.807, 2.05) is 61.5 Å². The lowest BCUT2D eigenvalue weighted by Crippen LogP contribution is -2.26. The number of aromatic nitrogens is 3. The molecule has 4 nitrogen and oxygen atoms in total. The summed E-state index contributed by atoms with van der Waals surface area (Å²) in [7, 11) is 0. The number of aryl methyl sites for hydroxylation is 1. The Kier molecular flexibility index (Phi) is 10.9. The van der Waals surface area contributed by atoms with Crippen molar-refractivity contribution in [2.45, 2.75) is 33.1 Å². The van der Waals surface area contributed by atoms with Crippen LogP contribution in [-0.2, 0) is 5.41 Å². The van der Waals surface area contributed by atoms with Gasteiger partial charge in [-0.25, -0.2) is 15.0 Å². The van der Waals surface area contributed by atoms with Crippen LogP contribution in [-0.4, -0.2) is 15.0 Å². The van der Waals surface area contributed by atoms with Crippen LogP contribution < -0.4 is 0 Å². The Hall–Kier alpha value is -8.99. The molecule has 344 valence electrons. The van der Waals surface area contributed by atoms with E-state index >= 15 is 0 Å². The molecule has 1 atom stereocenters. The monoisotopic (exact) mass is 925 g/mol. The fourth-order valence-electron chi connectivity index (χ4n) is 11.4. The molecule has 2 heterocycles. The fourth-order valence-corrected chi connectivity index (χ4v) is 11.4. The summed E-state index contributed by atoms with van der Waals surface area (Å²) in [5.41, 5.74) is 23.2. The van der Waals surface area contributed by atoms with Gasteiger partial charge in [-0.15, -0.1) is 0 Å². The van der Waals surface area contributed by atoms with E-state index in [9.17, 15) is 0 Å². The van der Waals surface area contributed by atoms with Gasteiger partial charge >= 0.3 is 0 Å². The molecule has 1 spiro atoms. The van der Waals surface area contributed by atoms with Crippen molar-refractivity contribution in [2.75, 3.05) is 0 Å². The van der Waals surface area contributed by atoms with E-state index in [4.69, 9.17) is 19.4 Å². The Balaban J connectivity index is 0.952. The summed E-state index contributed by atoms with van der Waals surface area (Å²) in [5.74, 6) is 1.76. The van der Waals surface area contributed by atoms with Crippen molar-refractivity contribution in [3.63, 3.8) is 0 Å². The molecule has 2 aliphatic carbocycles. The molecule has 4 heteroatoms. The van der Waals surface area contributed by atoms with Crippen LogP contribution in [0.25, 0.3) is 101 Å². The number of furan rings is 1. The van der Waals surface area contributed by atoms with Gasteiger partial charge in [0, 0.05) is 27.5 Å². The standard InChI is InChI=1S/C68H51N3O/c1-7-10-28-57-44(6)51-24-14-16-29-58(51)68(57)59-30-17-15-25-52(59)55-40-48(36-38-60(55)68)45-32-34-46(35-33-45)49-37-39-61-56(41-49)64-54(27-19-31-62(64)72-61)67-70-65(47-22-12-11-13-23-47)69-66(71-67)53-26-18-21-43(5)63(53)50(20-8-2)42(4)9-3/h7-41H,1,3H2,2,4-6H3/b20-8-,28-10-,50-42+. The van der Waals surface area contributed by atoms with Crippen molar-refractivity contribution in [1.82, 2.24) is 15.0 Å². The van der Waals surface area contributed by atoms with Crippen LogP contribution in [0.4, 0.5) is 0 Å². The lowest BCUT2D eigenvalue weighted by atomic mass is 9.69. The quantitative estimate of drug-likeness (QED) is 0.128. The number of rotatable bonds is 10. The van der Waals surface area contributed by atoms with Gasteiger partial charge in [0.1, 0.15) is 11.2 Å². The highest BCUT2D eigenvalue weighted by atomic mass is 16.3. The molecule has 0 saturated heterocycles. The van der Waals surface area contributed by atoms with Gasteiger partial charge in [0.05, 0.1) is 5.41 Å². The molecule has 0 aliphatic heterocycles. The van der Waals surface area contributed by atoms with Crippen molar-refractivity contribution < 1.29 is 4.42 Å². The van der Waals surface area contributed by atoms with Gasteiger partial charge in [-0.05, 0) is 141 Å². The van der Waals surface area contributed by atoms with Gasteiger partial charge in [0.15, 0.2) is 17.5 Å². The minimum absolute atomic E-state index is 0.400. The minimum Gasteiger partial charge on any atom is -0.456 e. The minimum atomic E-state index is -0.400. The van der Waals surface area contributed by atoms with Crippen LogP contribution in [0.1, 0.15) is 54.2 Å². The van der Waals surface area contributed by atoms with Gasteiger partial charge in [-0.1, -0.05) is 201 Å². The highest BCUT2D eigenvalue weighted by molar-refractivity contribution is 6.13. The number of fused-ring (bicyclic) bond motifs is 10. The zero-order chi connectivity index (χ0) is 49.1. The molecule has 0 radical (unpaired) electrons. The summed E-state index contributed by atoms with van der Waals surface area (Å²) in [5, 5.41) is 1.95. The Morgan fingerprint density at radius 3 is 1.86 bits per heavy atom. The highest BCUT2D eigenvalue weighted by Crippen LogP contribution is 2.62. The predicted molar refractivity (Wildman–Crippen MR) is 300 cm³/mol. The molecule has 0 amide bonds. The molecule has 2 aromatic heterocycles. The summed E-state index contributed by atoms with van der Waals surface area (Å²) in [4.78, 5) is 15.7. The Morgan fingerprint density at radius 2 is 1.12 bits per heavy atom. The Bertz CT molecular complexity index is 3990. The maximum Gasteiger partial charge on any atom is 0.164 e. The number of hydrogen-bond acceptors (Lipinski definition) is 4. The summed E-state index contributed by atoms with van der Waals surface area (Å²) in [6.45, 7) is 16.7. The Morgan fingerprint density at radius 1 is 0.528 bits per heavy atom. The molecule has 0 saturated carbocycles. The largest absolute Gasteiger partial charge is 0.456 e. The second-order valence-corrected chi connectivity index (χ2v) is 18.8. The van der Waals surface area contributed by atoms with Crippen LogP contribution in [0.3, 0.4) is 0 Å². The van der Waals surface area contributed by atoms with Crippen LogP contribution >= 0.6 is 0 Å². The SMILES string of the molecule is C=C/C=C\C1=C(C)c2ccccc2C12c1ccccc1-c1cc(-c3ccc(-c4ccc5oc6cccc(-c7nc(-c8ccccc8)nc(-c8cccc(C)c8C(/C=C\C)=C(\C)C=C)n7)c6c5c4)cc3)ccc12. The molecule has 8 aromatic carbocycles. The molecule has 0 fully saturated rings. The normalized spacial score (nSPS) is 15.2.